The van der Waals surface area contributed by atoms with Crippen molar-refractivity contribution >= 4 is 112 Å². The van der Waals surface area contributed by atoms with Crippen molar-refractivity contribution in [1.82, 2.24) is 30.8 Å². The van der Waals surface area contributed by atoms with Crippen molar-refractivity contribution in [3.8, 4) is 0 Å². The molecule has 6 heterocycles. The zero-order valence-electron chi connectivity index (χ0n) is 52.8. The zero-order valence-corrected chi connectivity index (χ0v) is 58.4. The average Bonchev–Trinajstić information content (AvgIpc) is 1.41. The monoisotopic (exact) mass is 1460 g/mol. The molecule has 95 heavy (non-hydrogen) atoms. The van der Waals surface area contributed by atoms with Gasteiger partial charge in [-0.15, -0.1) is 0 Å². The molecule has 5 aromatic rings. The number of ether oxygens (including phenoxy) is 1. The predicted octanol–water partition coefficient (Wildman–Crippen LogP) is 5.25. The Labute approximate surface area is 652 Å². The molecule has 2 aliphatic carbocycles. The Morgan fingerprint density at radius 1 is 0.558 bits per heavy atom. The molecule has 3 aromatic carbocycles. The molecule has 6 unspecified atom stereocenters. The van der Waals surface area contributed by atoms with Gasteiger partial charge < -0.3 is 59.6 Å². The largest absolute Gasteiger partial charge is 0.755 e. The number of amides is 6. The van der Waals surface area contributed by atoms with Crippen molar-refractivity contribution in [2.45, 2.75) is 134 Å². The molecule has 0 radical (unpaired) electrons. The standard InChI is InChI=1S/C20H28N4O4S.2C17H18N4O4S.C8H18O2Si.3Ar/c25-19(21-10-7-14-8-11-23(12-9-14)15-5-6-15)13-18-20(26)22-16-3-1-2-4-17(16)24(18)29(27)28;2*22-16(19-10-7-12-5-8-18-9-6-12)11-15-17(23)20-13-3-1-2-4-14(13)21(15)26(24)25;1-5-9-8(6-7-8)10-11(2,3)4;;;/h1-4,14-15,18H,5-13H2,(H,21,25)(H,22,26)(H,27,28);2*1-6,8-9,15H,7,10-11H2,(H,19,22)(H,20,23)(H,24,25);5-7H2,1-4H3;;;/p-3. The summed E-state index contributed by atoms with van der Waals surface area (Å²) in [6.45, 7) is 13.0. The number of hydrogen-bond acceptors (Lipinski definition) is 17. The zero-order chi connectivity index (χ0) is 66.0. The van der Waals surface area contributed by atoms with Crippen molar-refractivity contribution in [3.63, 3.8) is 0 Å². The second-order valence-electron chi connectivity index (χ2n) is 23.6. The van der Waals surface area contributed by atoms with Gasteiger partial charge in [-0.1, -0.05) is 36.4 Å². The van der Waals surface area contributed by atoms with Gasteiger partial charge in [-0.05, 0) is 162 Å². The van der Waals surface area contributed by atoms with Crippen LogP contribution in [0.2, 0.25) is 19.6 Å². The normalized spacial score (nSPS) is 19.3. The molecule has 11 rings (SSSR count). The van der Waals surface area contributed by atoms with Crippen LogP contribution in [0.5, 0.6) is 0 Å². The Morgan fingerprint density at radius 2 is 0.905 bits per heavy atom. The SMILES string of the molecule is CCOC1(O[Si](C)(C)C)CC1.O=C(CC1C(=O)Nc2ccccc2N1S(=O)[O-])NCCC1CCN(C2CC2)CC1.O=C(CC1C(=O)Nc2ccccc2N1S(=O)[O-])NCCc1ccncc1.O=C(CC1C(=O)Nc2ccccc2N1S(=O)[O-])NCCc1ccncc1.[Ar].[Ar].[Ar]. The fraction of sp³-hybridized carbons (Fsp3) is 0.452. The Morgan fingerprint density at radius 3 is 1.22 bits per heavy atom. The number of rotatable bonds is 23. The summed E-state index contributed by atoms with van der Waals surface area (Å²) in [6.07, 6.45) is 15.3. The van der Waals surface area contributed by atoms with E-state index >= 15 is 0 Å². The number of aromatic nitrogens is 2. The third-order valence-electron chi connectivity index (χ3n) is 15.7. The molecule has 6 aliphatic rings. The maximum absolute atomic E-state index is 12.4. The van der Waals surface area contributed by atoms with E-state index in [0.717, 1.165) is 81.9 Å². The molecule has 6 N–H and O–H groups in total. The molecule has 520 valence electrons. The Bertz CT molecular complexity index is 3300. The van der Waals surface area contributed by atoms with Crippen LogP contribution in [0, 0.1) is 119 Å². The second kappa shape index (κ2) is 40.0. The minimum absolute atomic E-state index is 0. The van der Waals surface area contributed by atoms with Crippen LogP contribution in [0.3, 0.4) is 0 Å². The summed E-state index contributed by atoms with van der Waals surface area (Å²) in [5, 5.41) is 16.3. The van der Waals surface area contributed by atoms with Crippen LogP contribution in [-0.4, -0.2) is 154 Å². The number of carbonyl (C=O) groups excluding carboxylic acids is 6. The van der Waals surface area contributed by atoms with Crippen LogP contribution in [0.1, 0.15) is 82.3 Å². The van der Waals surface area contributed by atoms with Crippen molar-refractivity contribution < 1.29 is 177 Å². The second-order valence-corrected chi connectivity index (χ2v) is 30.5. The van der Waals surface area contributed by atoms with Gasteiger partial charge >= 0.3 is 0 Å². The number of pyridine rings is 2. The first kappa shape index (κ1) is 82.1. The number of hydrogen-bond donors (Lipinski definition) is 6. The molecule has 4 aliphatic heterocycles. The van der Waals surface area contributed by atoms with E-state index < -0.39 is 89.8 Å². The van der Waals surface area contributed by atoms with Crippen molar-refractivity contribution in [3.05, 3.63) is 133 Å². The summed E-state index contributed by atoms with van der Waals surface area (Å²) in [6, 6.07) is 24.7. The Hall–Kier alpha value is -3.61. The van der Waals surface area contributed by atoms with Gasteiger partial charge in [-0.3, -0.25) is 64.3 Å². The quantitative estimate of drug-likeness (QED) is 0.0276. The number of piperidine rings is 1. The van der Waals surface area contributed by atoms with Crippen molar-refractivity contribution in [2.24, 2.45) is 5.92 Å². The minimum atomic E-state index is -2.68. The number of anilines is 6. The number of benzene rings is 3. The number of fused-ring (bicyclic) bond motifs is 3. The van der Waals surface area contributed by atoms with Crippen molar-refractivity contribution in [1.29, 1.82) is 0 Å². The Balaban J connectivity index is 0.000000236. The third-order valence-corrected chi connectivity index (χ3v) is 19.0. The summed E-state index contributed by atoms with van der Waals surface area (Å²) < 4.78 is 84.5. The van der Waals surface area contributed by atoms with E-state index in [1.807, 2.05) is 31.2 Å². The predicted molar refractivity (Wildman–Crippen MR) is 349 cm³/mol. The van der Waals surface area contributed by atoms with Gasteiger partial charge in [0.1, 0.15) is 18.1 Å². The number of nitrogens with one attached hydrogen (secondary N) is 6. The molecule has 2 saturated carbocycles. The molecule has 26 nitrogen and oxygen atoms in total. The van der Waals surface area contributed by atoms with E-state index in [-0.39, 0.29) is 144 Å². The first-order valence-electron chi connectivity index (χ1n) is 30.6. The summed E-state index contributed by atoms with van der Waals surface area (Å²) in [5.74, 6) is -2.19. The summed E-state index contributed by atoms with van der Waals surface area (Å²) in [4.78, 5) is 84.2. The molecular formula is C62H79Ar3N12O14S3Si-3. The third kappa shape index (κ3) is 25.2. The molecule has 6 atom stereocenters. The Kier molecular flexibility index (Phi) is 34.5. The minimum Gasteiger partial charge on any atom is -0.755 e. The van der Waals surface area contributed by atoms with E-state index in [0.29, 0.717) is 72.5 Å². The fourth-order valence-electron chi connectivity index (χ4n) is 11.1. The van der Waals surface area contributed by atoms with Gasteiger partial charge in [0, 0.05) is 217 Å². The number of carbonyl (C=O) groups is 6. The summed E-state index contributed by atoms with van der Waals surface area (Å²) in [5.41, 5.74) is 4.33. The average molecular weight is 1460 g/mol. The molecule has 1 saturated heterocycles. The maximum atomic E-state index is 12.4. The fourth-order valence-corrected chi connectivity index (χ4v) is 14.5. The molecule has 3 fully saturated rings. The van der Waals surface area contributed by atoms with Gasteiger partial charge in [-0.25, -0.2) is 0 Å². The van der Waals surface area contributed by atoms with Crippen LogP contribution < -0.4 is 44.8 Å². The summed E-state index contributed by atoms with van der Waals surface area (Å²) >= 11 is -8.02. The van der Waals surface area contributed by atoms with Crippen LogP contribution in [-0.2, 0) is 84.6 Å². The number of nitrogens with zero attached hydrogens (tertiary/aromatic N) is 6. The van der Waals surface area contributed by atoms with E-state index in [1.165, 1.54) is 12.8 Å². The van der Waals surface area contributed by atoms with Gasteiger partial charge in [0.15, 0.2) is 14.1 Å². The van der Waals surface area contributed by atoms with E-state index in [4.69, 9.17) is 9.16 Å². The maximum Gasteiger partial charge on any atom is 0.248 e. The molecule has 0 spiro atoms. The number of para-hydroxylation sites is 6. The molecular weight excluding hydrogens is 1380 g/mol. The molecule has 6 amide bonds. The van der Waals surface area contributed by atoms with E-state index in [9.17, 15) is 55.1 Å². The van der Waals surface area contributed by atoms with Crippen LogP contribution >= 0.6 is 0 Å². The van der Waals surface area contributed by atoms with Gasteiger partial charge in [0.25, 0.3) is 0 Å². The van der Waals surface area contributed by atoms with E-state index in [1.54, 1.807) is 97.6 Å². The molecule has 2 aromatic heterocycles. The first-order chi connectivity index (χ1) is 44.1. The topological polar surface area (TPSA) is 352 Å². The van der Waals surface area contributed by atoms with Gasteiger partial charge in [-0.2, -0.15) is 0 Å². The van der Waals surface area contributed by atoms with Gasteiger partial charge in [0.2, 0.25) is 35.4 Å². The molecule has 0 bridgehead atoms. The number of likely N-dealkylation sites (tertiary alicyclic amines) is 1. The molecule has 33 heteroatoms. The first-order valence-corrected chi connectivity index (χ1v) is 37.1. The smallest absolute Gasteiger partial charge is 0.248 e. The van der Waals surface area contributed by atoms with Crippen LogP contribution in [0.4, 0.5) is 34.1 Å². The van der Waals surface area contributed by atoms with Crippen LogP contribution in [0.25, 0.3) is 0 Å². The van der Waals surface area contributed by atoms with Gasteiger partial charge in [0.05, 0.1) is 53.4 Å². The van der Waals surface area contributed by atoms with Crippen molar-refractivity contribution in [2.75, 3.05) is 68.2 Å². The summed E-state index contributed by atoms with van der Waals surface area (Å²) in [7, 11) is -1.39. The van der Waals surface area contributed by atoms with E-state index in [2.05, 4.69) is 66.4 Å². The van der Waals surface area contributed by atoms with Crippen LogP contribution in [0.15, 0.2) is 122 Å².